The second kappa shape index (κ2) is 48.6. The molecule has 0 aromatic heterocycles. The summed E-state index contributed by atoms with van der Waals surface area (Å²) in [6.07, 6.45) is 4.08. The van der Waals surface area contributed by atoms with E-state index in [-0.39, 0.29) is 24.8 Å². The zero-order valence-corrected chi connectivity index (χ0v) is 11.8. The summed E-state index contributed by atoms with van der Waals surface area (Å²) in [4.78, 5) is 0. The number of aliphatic hydroxyl groups excluding tert-OH is 2. The van der Waals surface area contributed by atoms with Gasteiger partial charge in [-0.15, -0.1) is 24.8 Å². The predicted molar refractivity (Wildman–Crippen MR) is 59.2 cm³/mol. The third-order valence-corrected chi connectivity index (χ3v) is 1.02. The van der Waals surface area contributed by atoms with Crippen LogP contribution in [-0.4, -0.2) is 23.4 Å². The van der Waals surface area contributed by atoms with E-state index in [1.54, 1.807) is 0 Å². The molecule has 2 N–H and O–H groups in total. The van der Waals surface area contributed by atoms with E-state index in [9.17, 15) is 0 Å². The average molecular weight is 288 g/mol. The molecule has 0 heterocycles. The Bertz CT molecular complexity index is 51.9. The van der Waals surface area contributed by atoms with Gasteiger partial charge in [0.2, 0.25) is 0 Å². The van der Waals surface area contributed by atoms with Crippen LogP contribution in [0.2, 0.25) is 0 Å². The minimum atomic E-state index is 0. The van der Waals surface area contributed by atoms with Gasteiger partial charge in [0.1, 0.15) is 0 Å². The molecule has 0 unspecified atom stereocenters. The van der Waals surface area contributed by atoms with Crippen LogP contribution in [0.4, 0.5) is 0 Å². The molecular formula is C8H22Cl2O3V. The van der Waals surface area contributed by atoms with Crippen LogP contribution < -0.4 is 0 Å². The first-order valence-corrected chi connectivity index (χ1v) is 4.80. The van der Waals surface area contributed by atoms with Gasteiger partial charge in [0.25, 0.3) is 0 Å². The van der Waals surface area contributed by atoms with Gasteiger partial charge in [0.05, 0.1) is 0 Å². The molecule has 0 fully saturated rings. The molecule has 0 radical (unpaired) electrons. The molecule has 0 amide bonds. The summed E-state index contributed by atoms with van der Waals surface area (Å²) >= 11 is 1.06. The van der Waals surface area contributed by atoms with Gasteiger partial charge in [-0.1, -0.05) is 26.7 Å². The van der Waals surface area contributed by atoms with Crippen molar-refractivity contribution in [1.29, 1.82) is 0 Å². The van der Waals surface area contributed by atoms with Gasteiger partial charge < -0.3 is 10.2 Å². The van der Waals surface area contributed by atoms with E-state index in [0.29, 0.717) is 13.2 Å². The summed E-state index contributed by atoms with van der Waals surface area (Å²) in [5.41, 5.74) is 0. The summed E-state index contributed by atoms with van der Waals surface area (Å²) in [5.74, 6) is 0. The number of unbranched alkanes of at least 4 members (excludes halogenated alkanes) is 2. The van der Waals surface area contributed by atoms with E-state index in [2.05, 4.69) is 13.8 Å². The number of hydrogen-bond donors (Lipinski definition) is 2. The Kier molecular flexibility index (Phi) is 102. The molecule has 6 heteroatoms. The number of aliphatic hydroxyl groups is 2. The Morgan fingerprint density at radius 2 is 1.07 bits per heavy atom. The van der Waals surface area contributed by atoms with E-state index in [4.69, 9.17) is 13.9 Å². The molecule has 14 heavy (non-hydrogen) atoms. The number of hydrogen-bond acceptors (Lipinski definition) is 3. The van der Waals surface area contributed by atoms with Crippen molar-refractivity contribution in [2.45, 2.75) is 39.5 Å². The molecule has 0 aliphatic heterocycles. The summed E-state index contributed by atoms with van der Waals surface area (Å²) in [6, 6.07) is 0. The van der Waals surface area contributed by atoms with Gasteiger partial charge in [-0.25, -0.2) is 0 Å². The third-order valence-electron chi connectivity index (χ3n) is 1.02. The van der Waals surface area contributed by atoms with Gasteiger partial charge in [-0.05, 0) is 12.8 Å². The van der Waals surface area contributed by atoms with E-state index >= 15 is 0 Å². The molecular weight excluding hydrogens is 266 g/mol. The van der Waals surface area contributed by atoms with Crippen molar-refractivity contribution in [2.24, 2.45) is 0 Å². The van der Waals surface area contributed by atoms with Crippen LogP contribution >= 0.6 is 24.8 Å². The predicted octanol–water partition coefficient (Wildman–Crippen LogP) is 2.28. The normalized spacial score (nSPS) is 6.21. The molecule has 0 saturated heterocycles. The average Bonchev–Trinajstić information content (AvgIpc) is 2.12. The van der Waals surface area contributed by atoms with Crippen LogP contribution in [0.1, 0.15) is 39.5 Å². The SMILES string of the molecule is CCCCO.CCCCO.Cl.Cl.[O]=[V]. The fourth-order valence-corrected chi connectivity index (χ4v) is 0.316. The summed E-state index contributed by atoms with van der Waals surface area (Å²) in [7, 11) is 0. The fraction of sp³-hybridized carbons (Fsp3) is 1.00. The Balaban J connectivity index is -0.0000000292. The van der Waals surface area contributed by atoms with Gasteiger partial charge >= 0.3 is 21.0 Å². The number of halogens is 2. The van der Waals surface area contributed by atoms with Gasteiger partial charge in [-0.2, -0.15) is 0 Å². The summed E-state index contributed by atoms with van der Waals surface area (Å²) in [6.45, 7) is 4.79. The molecule has 0 aromatic rings. The van der Waals surface area contributed by atoms with Crippen LogP contribution in [0, 0.1) is 0 Å². The van der Waals surface area contributed by atoms with Crippen molar-refractivity contribution in [3.8, 4) is 0 Å². The molecule has 0 aliphatic rings. The fourth-order valence-electron chi connectivity index (χ4n) is 0.316. The van der Waals surface area contributed by atoms with Gasteiger partial charge in [-0.3, -0.25) is 0 Å². The summed E-state index contributed by atoms with van der Waals surface area (Å²) < 4.78 is 8.19. The van der Waals surface area contributed by atoms with Gasteiger partial charge in [0, 0.05) is 13.2 Å². The van der Waals surface area contributed by atoms with Crippen LogP contribution in [0.15, 0.2) is 0 Å². The summed E-state index contributed by atoms with van der Waals surface area (Å²) in [5, 5.41) is 16.1. The molecule has 0 spiro atoms. The first kappa shape index (κ1) is 29.4. The zero-order chi connectivity index (χ0) is 10.2. The van der Waals surface area contributed by atoms with E-state index in [1.165, 1.54) is 0 Å². The first-order valence-electron chi connectivity index (χ1n) is 4.23. The minimum absolute atomic E-state index is 0. The van der Waals surface area contributed by atoms with Crippen molar-refractivity contribution in [2.75, 3.05) is 13.2 Å². The van der Waals surface area contributed by atoms with Crippen molar-refractivity contribution in [3.63, 3.8) is 0 Å². The second-order valence-corrected chi connectivity index (χ2v) is 2.15. The maximum absolute atomic E-state index is 8.19. The first-order chi connectivity index (χ1) is 5.83. The van der Waals surface area contributed by atoms with Crippen molar-refractivity contribution in [3.05, 3.63) is 0 Å². The van der Waals surface area contributed by atoms with Crippen LogP contribution in [-0.2, 0) is 21.0 Å². The van der Waals surface area contributed by atoms with E-state index in [0.717, 1.165) is 43.1 Å². The topological polar surface area (TPSA) is 57.5 Å². The Morgan fingerprint density at radius 1 is 0.857 bits per heavy atom. The second-order valence-electron chi connectivity index (χ2n) is 2.15. The van der Waals surface area contributed by atoms with E-state index < -0.39 is 0 Å². The molecule has 3 nitrogen and oxygen atoms in total. The molecule has 91 valence electrons. The third kappa shape index (κ3) is 76.3. The Labute approximate surface area is 109 Å². The van der Waals surface area contributed by atoms with Crippen LogP contribution in [0.3, 0.4) is 0 Å². The Morgan fingerprint density at radius 3 is 1.07 bits per heavy atom. The number of rotatable bonds is 4. The molecule has 0 saturated carbocycles. The quantitative estimate of drug-likeness (QED) is 0.834. The molecule has 0 aromatic carbocycles. The van der Waals surface area contributed by atoms with Crippen molar-refractivity contribution < 1.29 is 31.3 Å². The Hall–Kier alpha value is 0.884. The van der Waals surface area contributed by atoms with Crippen LogP contribution in [0.25, 0.3) is 0 Å². The zero-order valence-electron chi connectivity index (χ0n) is 8.81. The monoisotopic (exact) mass is 287 g/mol. The van der Waals surface area contributed by atoms with Crippen molar-refractivity contribution >= 4 is 24.8 Å². The standard InChI is InChI=1S/2C4H10O.2ClH.O.V/c2*1-2-3-4-5;;;;/h2*5H,2-4H2,1H3;2*1H;;. The maximum atomic E-state index is 8.19. The molecule has 0 atom stereocenters. The molecule has 0 aliphatic carbocycles. The molecule has 0 bridgehead atoms. The van der Waals surface area contributed by atoms with E-state index in [1.807, 2.05) is 0 Å². The van der Waals surface area contributed by atoms with Crippen LogP contribution in [0.5, 0.6) is 0 Å². The van der Waals surface area contributed by atoms with Gasteiger partial charge in [0.15, 0.2) is 0 Å². The van der Waals surface area contributed by atoms with Crippen molar-refractivity contribution in [1.82, 2.24) is 0 Å². The molecule has 0 rings (SSSR count).